The maximum atomic E-state index is 4.85. The summed E-state index contributed by atoms with van der Waals surface area (Å²) in [5, 5.41) is 3.45. The Morgan fingerprint density at radius 1 is 1.33 bits per heavy atom. The van der Waals surface area contributed by atoms with Crippen molar-refractivity contribution in [3.8, 4) is 0 Å². The Morgan fingerprint density at radius 3 is 2.81 bits per heavy atom. The van der Waals surface area contributed by atoms with Crippen molar-refractivity contribution in [3.63, 3.8) is 0 Å². The molecule has 1 aromatic heterocycles. The molecule has 0 spiro atoms. The zero-order chi connectivity index (χ0) is 15.2. The molecule has 0 unspecified atom stereocenters. The topological polar surface area (TPSA) is 29.9 Å². The zero-order valence-corrected chi connectivity index (χ0v) is 13.5. The van der Waals surface area contributed by atoms with Crippen LogP contribution in [0.25, 0.3) is 11.0 Å². The first-order chi connectivity index (χ1) is 10.2. The van der Waals surface area contributed by atoms with E-state index in [4.69, 9.17) is 4.98 Å². The molecule has 0 bridgehead atoms. The number of hydrogen-bond acceptors (Lipinski definition) is 2. The molecule has 0 aliphatic rings. The summed E-state index contributed by atoms with van der Waals surface area (Å²) in [6.45, 7) is 13.4. The van der Waals surface area contributed by atoms with Gasteiger partial charge >= 0.3 is 0 Å². The predicted molar refractivity (Wildman–Crippen MR) is 90.9 cm³/mol. The molecule has 0 radical (unpaired) electrons. The van der Waals surface area contributed by atoms with E-state index in [1.165, 1.54) is 17.5 Å². The third kappa shape index (κ3) is 3.73. The van der Waals surface area contributed by atoms with Crippen LogP contribution in [0.4, 0.5) is 0 Å². The van der Waals surface area contributed by atoms with E-state index >= 15 is 0 Å². The quantitative estimate of drug-likeness (QED) is 0.589. The van der Waals surface area contributed by atoms with E-state index < -0.39 is 0 Å². The molecule has 2 aromatic rings. The number of nitrogens with one attached hydrogen (secondary N) is 1. The fourth-order valence-corrected chi connectivity index (χ4v) is 2.58. The van der Waals surface area contributed by atoms with Crippen LogP contribution in [-0.2, 0) is 13.0 Å². The second kappa shape index (κ2) is 7.41. The summed E-state index contributed by atoms with van der Waals surface area (Å²) in [7, 11) is 0. The molecule has 3 heteroatoms. The summed E-state index contributed by atoms with van der Waals surface area (Å²) in [5.74, 6) is 1.68. The number of fused-ring (bicyclic) bond motifs is 1. The monoisotopic (exact) mass is 285 g/mol. The average Bonchev–Trinajstić information content (AvgIpc) is 2.81. The van der Waals surface area contributed by atoms with Crippen LogP contribution in [0.5, 0.6) is 0 Å². The van der Waals surface area contributed by atoms with Crippen molar-refractivity contribution in [1.29, 1.82) is 0 Å². The van der Waals surface area contributed by atoms with E-state index in [9.17, 15) is 0 Å². The fourth-order valence-electron chi connectivity index (χ4n) is 2.58. The van der Waals surface area contributed by atoms with Crippen molar-refractivity contribution in [2.24, 2.45) is 0 Å². The summed E-state index contributed by atoms with van der Waals surface area (Å²) in [4.78, 5) is 4.85. The van der Waals surface area contributed by atoms with E-state index in [0.29, 0.717) is 5.92 Å². The second-order valence-corrected chi connectivity index (χ2v) is 5.83. The van der Waals surface area contributed by atoms with Gasteiger partial charge in [0.05, 0.1) is 11.0 Å². The Bertz CT molecular complexity index is 596. The molecule has 1 heterocycles. The van der Waals surface area contributed by atoms with Gasteiger partial charge in [-0.25, -0.2) is 4.98 Å². The van der Waals surface area contributed by atoms with Crippen LogP contribution in [0, 0.1) is 0 Å². The lowest BCUT2D eigenvalue weighted by Gasteiger charge is -2.08. The molecule has 2 rings (SSSR count). The van der Waals surface area contributed by atoms with Crippen molar-refractivity contribution in [3.05, 3.63) is 42.2 Å². The van der Waals surface area contributed by atoms with Gasteiger partial charge in [-0.2, -0.15) is 0 Å². The van der Waals surface area contributed by atoms with Crippen molar-refractivity contribution >= 4 is 11.0 Å². The van der Waals surface area contributed by atoms with Gasteiger partial charge in [0.25, 0.3) is 0 Å². The normalized spacial score (nSPS) is 11.4. The Balaban J connectivity index is 2.29. The maximum Gasteiger partial charge on any atom is 0.111 e. The molecule has 0 saturated heterocycles. The van der Waals surface area contributed by atoms with E-state index in [-0.39, 0.29) is 0 Å². The van der Waals surface area contributed by atoms with Crippen molar-refractivity contribution in [1.82, 2.24) is 14.9 Å². The predicted octanol–water partition coefficient (Wildman–Crippen LogP) is 3.89. The Kier molecular flexibility index (Phi) is 5.57. The number of rotatable bonds is 8. The summed E-state index contributed by atoms with van der Waals surface area (Å²) in [6.07, 6.45) is 4.07. The summed E-state index contributed by atoms with van der Waals surface area (Å²) >= 11 is 0. The average molecular weight is 285 g/mol. The highest BCUT2D eigenvalue weighted by molar-refractivity contribution is 5.77. The van der Waals surface area contributed by atoms with Crippen LogP contribution < -0.4 is 5.32 Å². The van der Waals surface area contributed by atoms with Gasteiger partial charge in [-0.1, -0.05) is 32.9 Å². The van der Waals surface area contributed by atoms with Crippen molar-refractivity contribution < 1.29 is 0 Å². The molecule has 0 amide bonds. The number of hydrogen-bond donors (Lipinski definition) is 1. The first-order valence-electron chi connectivity index (χ1n) is 7.98. The number of benzene rings is 1. The molecule has 21 heavy (non-hydrogen) atoms. The number of aromatic nitrogens is 2. The van der Waals surface area contributed by atoms with Crippen LogP contribution in [0.1, 0.15) is 44.5 Å². The lowest BCUT2D eigenvalue weighted by Crippen LogP contribution is -2.19. The number of nitrogens with zero attached hydrogens (tertiary/aromatic N) is 2. The van der Waals surface area contributed by atoms with Gasteiger partial charge in [0.2, 0.25) is 0 Å². The minimum atomic E-state index is 0.536. The third-order valence-corrected chi connectivity index (χ3v) is 3.78. The highest BCUT2D eigenvalue weighted by atomic mass is 15.1. The van der Waals surface area contributed by atoms with E-state index in [0.717, 1.165) is 37.4 Å². The van der Waals surface area contributed by atoms with E-state index in [1.807, 2.05) is 6.08 Å². The molecule has 3 nitrogen and oxygen atoms in total. The maximum absolute atomic E-state index is 4.85. The van der Waals surface area contributed by atoms with Gasteiger partial charge < -0.3 is 9.88 Å². The standard InChI is InChI=1S/C18H27N3/c1-5-10-19-11-9-18-20-16-13-15(14(3)4)7-8-17(16)21(18)12-6-2/h6-8,13-14,19H,2,5,9-12H2,1,3-4H3. The van der Waals surface area contributed by atoms with Gasteiger partial charge in [-0.3, -0.25) is 0 Å². The minimum absolute atomic E-state index is 0.536. The van der Waals surface area contributed by atoms with Crippen LogP contribution in [0.3, 0.4) is 0 Å². The smallest absolute Gasteiger partial charge is 0.111 e. The summed E-state index contributed by atoms with van der Waals surface area (Å²) in [5.41, 5.74) is 3.67. The second-order valence-electron chi connectivity index (χ2n) is 5.83. The van der Waals surface area contributed by atoms with Crippen LogP contribution in [-0.4, -0.2) is 22.6 Å². The summed E-state index contributed by atoms with van der Waals surface area (Å²) in [6, 6.07) is 6.64. The highest BCUT2D eigenvalue weighted by Gasteiger charge is 2.11. The zero-order valence-electron chi connectivity index (χ0n) is 13.5. The van der Waals surface area contributed by atoms with Gasteiger partial charge in [-0.05, 0) is 36.6 Å². The van der Waals surface area contributed by atoms with E-state index in [1.54, 1.807) is 0 Å². The first kappa shape index (κ1) is 15.8. The van der Waals surface area contributed by atoms with Gasteiger partial charge in [0.1, 0.15) is 5.82 Å². The molecule has 1 aromatic carbocycles. The molecule has 114 valence electrons. The molecular weight excluding hydrogens is 258 g/mol. The third-order valence-electron chi connectivity index (χ3n) is 3.78. The van der Waals surface area contributed by atoms with Gasteiger partial charge in [0, 0.05) is 19.5 Å². The molecule has 1 N–H and O–H groups in total. The van der Waals surface area contributed by atoms with Crippen molar-refractivity contribution in [2.45, 2.75) is 46.1 Å². The molecular formula is C18H27N3. The van der Waals surface area contributed by atoms with E-state index in [2.05, 4.69) is 55.4 Å². The number of imidazole rings is 1. The van der Waals surface area contributed by atoms with Crippen LogP contribution in [0.2, 0.25) is 0 Å². The first-order valence-corrected chi connectivity index (χ1v) is 7.98. The van der Waals surface area contributed by atoms with Crippen LogP contribution >= 0.6 is 0 Å². The van der Waals surface area contributed by atoms with Crippen LogP contribution in [0.15, 0.2) is 30.9 Å². The molecule has 0 aliphatic heterocycles. The Morgan fingerprint density at radius 2 is 2.14 bits per heavy atom. The molecule has 0 saturated carbocycles. The molecule has 0 atom stereocenters. The molecule has 0 fully saturated rings. The minimum Gasteiger partial charge on any atom is -0.324 e. The molecule has 0 aliphatic carbocycles. The lowest BCUT2D eigenvalue weighted by molar-refractivity contribution is 0.641. The Hall–Kier alpha value is -1.61. The lowest BCUT2D eigenvalue weighted by atomic mass is 10.0. The SMILES string of the molecule is C=CCn1c(CCNCCC)nc2cc(C(C)C)ccc21. The summed E-state index contributed by atoms with van der Waals surface area (Å²) < 4.78 is 2.28. The van der Waals surface area contributed by atoms with Gasteiger partial charge in [0.15, 0.2) is 0 Å². The van der Waals surface area contributed by atoms with Gasteiger partial charge in [-0.15, -0.1) is 6.58 Å². The highest BCUT2D eigenvalue weighted by Crippen LogP contribution is 2.22. The Labute approximate surface area is 128 Å². The fraction of sp³-hybridized carbons (Fsp3) is 0.500. The van der Waals surface area contributed by atoms with Crippen molar-refractivity contribution in [2.75, 3.05) is 13.1 Å². The largest absolute Gasteiger partial charge is 0.324 e. The number of allylic oxidation sites excluding steroid dienone is 1.